The quantitative estimate of drug-likeness (QED) is 0.492. The van der Waals surface area contributed by atoms with Gasteiger partial charge in [-0.1, -0.05) is 24.6 Å². The highest BCUT2D eigenvalue weighted by Crippen LogP contribution is 2.47. The van der Waals surface area contributed by atoms with E-state index in [0.29, 0.717) is 44.2 Å². The summed E-state index contributed by atoms with van der Waals surface area (Å²) in [7, 11) is -4.01. The van der Waals surface area contributed by atoms with Crippen molar-refractivity contribution in [3.63, 3.8) is 0 Å². The van der Waals surface area contributed by atoms with Crippen molar-refractivity contribution in [2.45, 2.75) is 69.8 Å². The Kier molecular flexibility index (Phi) is 8.00. The van der Waals surface area contributed by atoms with Gasteiger partial charge in [-0.3, -0.25) is 4.79 Å². The van der Waals surface area contributed by atoms with Crippen molar-refractivity contribution in [2.75, 3.05) is 37.7 Å². The van der Waals surface area contributed by atoms with Gasteiger partial charge in [0.1, 0.15) is 5.75 Å². The highest BCUT2D eigenvalue weighted by Gasteiger charge is 2.44. The minimum absolute atomic E-state index is 0.210. The fraction of sp³-hybridized carbons (Fsp3) is 0.581. The molecule has 4 atom stereocenters. The van der Waals surface area contributed by atoms with Crippen molar-refractivity contribution >= 4 is 33.4 Å². The van der Waals surface area contributed by atoms with E-state index in [4.69, 9.17) is 16.3 Å². The van der Waals surface area contributed by atoms with Crippen molar-refractivity contribution in [3.05, 3.63) is 58.1 Å². The van der Waals surface area contributed by atoms with Crippen LogP contribution < -0.4 is 14.4 Å². The van der Waals surface area contributed by atoms with Gasteiger partial charge in [0.2, 0.25) is 0 Å². The van der Waals surface area contributed by atoms with Crippen LogP contribution in [0.2, 0.25) is 5.02 Å². The number of fused-ring (bicyclic) bond motifs is 4. The second-order valence-corrected chi connectivity index (χ2v) is 14.4. The zero-order valence-electron chi connectivity index (χ0n) is 23.6. The summed E-state index contributed by atoms with van der Waals surface area (Å²) >= 11 is 6.38. The molecule has 2 aromatic rings. The van der Waals surface area contributed by atoms with E-state index in [1.807, 2.05) is 6.07 Å². The monoisotopic (exact) mass is 601 g/mol. The van der Waals surface area contributed by atoms with Crippen molar-refractivity contribution in [1.29, 1.82) is 0 Å². The molecule has 0 unspecified atom stereocenters. The number of rotatable bonds is 1. The highest BCUT2D eigenvalue weighted by molar-refractivity contribution is 7.87. The molecule has 1 spiro atoms. The fourth-order valence-electron chi connectivity index (χ4n) is 7.41. The van der Waals surface area contributed by atoms with Gasteiger partial charge in [0.05, 0.1) is 18.4 Å². The van der Waals surface area contributed by atoms with Crippen molar-refractivity contribution in [1.82, 2.24) is 9.03 Å². The summed E-state index contributed by atoms with van der Waals surface area (Å²) in [5.74, 6) is 0.586. The van der Waals surface area contributed by atoms with Gasteiger partial charge in [-0.15, -0.1) is 0 Å². The summed E-state index contributed by atoms with van der Waals surface area (Å²) in [4.78, 5) is 15.6. The molecule has 1 saturated carbocycles. The first-order valence-electron chi connectivity index (χ1n) is 15.0. The Morgan fingerprint density at radius 2 is 1.98 bits per heavy atom. The van der Waals surface area contributed by atoms with Crippen LogP contribution in [0.5, 0.6) is 5.75 Å². The molecular formula is C31H40ClN3O5S. The van der Waals surface area contributed by atoms with E-state index in [0.717, 1.165) is 55.8 Å². The van der Waals surface area contributed by atoms with Crippen LogP contribution in [0.3, 0.4) is 0 Å². The second-order valence-electron chi connectivity index (χ2n) is 12.3. The predicted molar refractivity (Wildman–Crippen MR) is 160 cm³/mol. The number of benzene rings is 2. The van der Waals surface area contributed by atoms with Crippen molar-refractivity contribution < 1.29 is 23.1 Å². The Hall–Kier alpha value is -2.33. The van der Waals surface area contributed by atoms with Gasteiger partial charge in [-0.25, -0.2) is 4.72 Å². The molecule has 1 fully saturated rings. The number of amides is 1. The summed E-state index contributed by atoms with van der Waals surface area (Å²) in [6.45, 7) is 4.29. The number of anilines is 1. The third-order valence-electron chi connectivity index (χ3n) is 9.80. The zero-order valence-corrected chi connectivity index (χ0v) is 25.2. The van der Waals surface area contributed by atoms with Crippen molar-refractivity contribution in [3.8, 4) is 5.75 Å². The molecule has 6 rings (SSSR count). The van der Waals surface area contributed by atoms with Crippen LogP contribution >= 0.6 is 11.6 Å². The normalized spacial score (nSPS) is 30.3. The molecule has 2 aromatic carbocycles. The van der Waals surface area contributed by atoms with Gasteiger partial charge < -0.3 is 14.7 Å². The summed E-state index contributed by atoms with van der Waals surface area (Å²) in [5, 5.41) is 11.9. The molecule has 10 heteroatoms. The van der Waals surface area contributed by atoms with Crippen LogP contribution in [0.4, 0.5) is 5.69 Å². The maximum absolute atomic E-state index is 13.3. The van der Waals surface area contributed by atoms with Gasteiger partial charge >= 0.3 is 10.2 Å². The molecule has 41 heavy (non-hydrogen) atoms. The van der Waals surface area contributed by atoms with Gasteiger partial charge in [-0.05, 0) is 105 Å². The molecular weight excluding hydrogens is 562 g/mol. The first-order valence-corrected chi connectivity index (χ1v) is 16.8. The largest absolute Gasteiger partial charge is 0.490 e. The number of aliphatic hydroxyl groups excluding tert-OH is 1. The topological polar surface area (TPSA) is 99.2 Å². The standard InChI is InChI=1S/C31H40ClN3O5S/c1-2-35-15-4-3-7-28(36)25-11-8-23(25)18-34-19-31(14-5-6-21-16-24(32)10-12-26(21)31)20-40-29-13-9-22(17-27(29)34)30(37)33-41(35,38)39/h9-10,12-13,16-17,23,25,28,36H,2-8,11,14-15,18-20H2,1H3,(H,33,37)/t23-,25+,28-,31-/m0/s1. The Balaban J connectivity index is 1.41. The molecule has 2 aliphatic heterocycles. The number of nitrogens with one attached hydrogen (secondary N) is 1. The third-order valence-corrected chi connectivity index (χ3v) is 11.6. The van der Waals surface area contributed by atoms with Crippen LogP contribution in [0, 0.1) is 11.8 Å². The maximum Gasteiger partial charge on any atom is 0.304 e. The summed E-state index contributed by atoms with van der Waals surface area (Å²) in [6.07, 6.45) is 6.63. The number of hydrogen-bond acceptors (Lipinski definition) is 6. The lowest BCUT2D eigenvalue weighted by Crippen LogP contribution is -2.49. The number of hydrogen-bond donors (Lipinski definition) is 2. The van der Waals surface area contributed by atoms with Gasteiger partial charge in [0.25, 0.3) is 5.91 Å². The number of ether oxygens (including phenoxy) is 1. The van der Waals surface area contributed by atoms with Crippen LogP contribution in [0.1, 0.15) is 73.4 Å². The minimum atomic E-state index is -4.01. The van der Waals surface area contributed by atoms with Crippen LogP contribution in [0.15, 0.2) is 36.4 Å². The summed E-state index contributed by atoms with van der Waals surface area (Å²) in [6, 6.07) is 11.4. The summed E-state index contributed by atoms with van der Waals surface area (Å²) in [5.41, 5.74) is 3.36. The lowest BCUT2D eigenvalue weighted by Gasteiger charge is -2.45. The molecule has 2 heterocycles. The third kappa shape index (κ3) is 5.58. The number of carbonyl (C=O) groups excluding carboxylic acids is 1. The molecule has 0 saturated heterocycles. The predicted octanol–water partition coefficient (Wildman–Crippen LogP) is 4.68. The minimum Gasteiger partial charge on any atom is -0.490 e. The Morgan fingerprint density at radius 1 is 1.12 bits per heavy atom. The van der Waals surface area contributed by atoms with Gasteiger partial charge in [-0.2, -0.15) is 12.7 Å². The Labute approximate surface area is 248 Å². The van der Waals surface area contributed by atoms with E-state index in [1.165, 1.54) is 15.4 Å². The molecule has 1 amide bonds. The molecule has 4 aliphatic rings. The molecule has 8 nitrogen and oxygen atoms in total. The van der Waals surface area contributed by atoms with E-state index >= 15 is 0 Å². The van der Waals surface area contributed by atoms with Crippen LogP contribution in [-0.2, 0) is 22.0 Å². The Bertz CT molecular complexity index is 1420. The highest BCUT2D eigenvalue weighted by atomic mass is 35.5. The average Bonchev–Trinajstić information content (AvgIpc) is 3.07. The Morgan fingerprint density at radius 3 is 2.76 bits per heavy atom. The molecule has 0 aromatic heterocycles. The van der Waals surface area contributed by atoms with Gasteiger partial charge in [0.15, 0.2) is 0 Å². The van der Waals surface area contributed by atoms with Crippen LogP contribution in [0.25, 0.3) is 0 Å². The number of aliphatic hydroxyl groups is 1. The molecule has 222 valence electrons. The smallest absolute Gasteiger partial charge is 0.304 e. The van der Waals surface area contributed by atoms with E-state index in [-0.39, 0.29) is 23.4 Å². The fourth-order valence-corrected chi connectivity index (χ4v) is 8.80. The van der Waals surface area contributed by atoms with Crippen LogP contribution in [-0.4, -0.2) is 62.6 Å². The molecule has 2 N–H and O–H groups in total. The lowest BCUT2D eigenvalue weighted by molar-refractivity contribution is 0.00898. The zero-order chi connectivity index (χ0) is 28.8. The maximum atomic E-state index is 13.3. The first kappa shape index (κ1) is 28.8. The summed E-state index contributed by atoms with van der Waals surface area (Å²) < 4.78 is 36.3. The number of nitrogens with zero attached hydrogens (tertiary/aromatic N) is 2. The lowest BCUT2D eigenvalue weighted by atomic mass is 9.68. The molecule has 2 aliphatic carbocycles. The van der Waals surface area contributed by atoms with E-state index < -0.39 is 22.2 Å². The van der Waals surface area contributed by atoms with Gasteiger partial charge in [0, 0.05) is 42.2 Å². The van der Waals surface area contributed by atoms with E-state index in [1.54, 1.807) is 25.1 Å². The SMILES string of the molecule is CCN1CCCC[C@H](O)[C@@H]2CC[C@H]2CN2C[C@@]3(CCCc4cc(Cl)ccc43)COc3ccc(cc32)C(=O)NS1(=O)=O. The molecule has 2 bridgehead atoms. The second kappa shape index (κ2) is 11.4. The number of aryl methyl sites for hydroxylation is 1. The number of carbonyl (C=O) groups is 1. The first-order chi connectivity index (χ1) is 19.7. The molecule has 0 radical (unpaired) electrons. The number of halogens is 1. The van der Waals surface area contributed by atoms with Crippen molar-refractivity contribution in [2.24, 2.45) is 11.8 Å². The van der Waals surface area contributed by atoms with E-state index in [2.05, 4.69) is 21.8 Å². The van der Waals surface area contributed by atoms with E-state index in [9.17, 15) is 18.3 Å². The average molecular weight is 602 g/mol.